The van der Waals surface area contributed by atoms with Crippen LogP contribution in [-0.2, 0) is 6.42 Å². The van der Waals surface area contributed by atoms with Crippen LogP contribution in [0.5, 0.6) is 5.75 Å². The molecule has 3 aromatic rings. The quantitative estimate of drug-likeness (QED) is 0.758. The summed E-state index contributed by atoms with van der Waals surface area (Å²) >= 11 is 0. The van der Waals surface area contributed by atoms with Gasteiger partial charge < -0.3 is 10.5 Å². The smallest absolute Gasteiger partial charge is 0.181 e. The summed E-state index contributed by atoms with van der Waals surface area (Å²) in [5, 5.41) is 7.18. The molecule has 1 heterocycles. The summed E-state index contributed by atoms with van der Waals surface area (Å²) in [6, 6.07) is 17.5. The second-order valence-electron chi connectivity index (χ2n) is 5.07. The van der Waals surface area contributed by atoms with Crippen LogP contribution in [0, 0.1) is 0 Å². The highest BCUT2D eigenvalue weighted by Crippen LogP contribution is 2.20. The zero-order chi connectivity index (χ0) is 15.4. The van der Waals surface area contributed by atoms with Crippen LogP contribution in [0.2, 0.25) is 0 Å². The molecule has 5 nitrogen and oxygen atoms in total. The average molecular weight is 294 g/mol. The first-order valence-corrected chi connectivity index (χ1v) is 7.12. The fourth-order valence-corrected chi connectivity index (χ4v) is 2.27. The maximum atomic E-state index is 6.21. The fraction of sp³-hybridized carbons (Fsp3) is 0.176. The molecule has 3 N–H and O–H groups in total. The summed E-state index contributed by atoms with van der Waals surface area (Å²) in [6.07, 6.45) is 0.720. The maximum Gasteiger partial charge on any atom is 0.181 e. The minimum absolute atomic E-state index is 0.207. The highest BCUT2D eigenvalue weighted by Gasteiger charge is 2.13. The van der Waals surface area contributed by atoms with Gasteiger partial charge >= 0.3 is 0 Å². The zero-order valence-electron chi connectivity index (χ0n) is 12.4. The lowest BCUT2D eigenvalue weighted by Crippen LogP contribution is -2.15. The van der Waals surface area contributed by atoms with E-state index in [4.69, 9.17) is 10.5 Å². The van der Waals surface area contributed by atoms with Gasteiger partial charge in [-0.05, 0) is 36.2 Å². The van der Waals surface area contributed by atoms with Gasteiger partial charge in [0, 0.05) is 5.56 Å². The molecule has 0 spiro atoms. The van der Waals surface area contributed by atoms with Gasteiger partial charge in [-0.25, -0.2) is 4.98 Å². The van der Waals surface area contributed by atoms with E-state index in [1.54, 1.807) is 7.11 Å². The van der Waals surface area contributed by atoms with E-state index in [0.29, 0.717) is 11.6 Å². The zero-order valence-corrected chi connectivity index (χ0v) is 12.4. The number of nitrogens with zero attached hydrogens (tertiary/aromatic N) is 2. The summed E-state index contributed by atoms with van der Waals surface area (Å²) in [5.41, 5.74) is 8.31. The van der Waals surface area contributed by atoms with E-state index in [1.165, 1.54) is 5.56 Å². The van der Waals surface area contributed by atoms with Gasteiger partial charge in [-0.2, -0.15) is 5.10 Å². The lowest BCUT2D eigenvalue weighted by molar-refractivity contribution is 0.415. The molecule has 0 radical (unpaired) electrons. The van der Waals surface area contributed by atoms with E-state index in [1.807, 2.05) is 42.5 Å². The van der Waals surface area contributed by atoms with E-state index in [9.17, 15) is 0 Å². The number of aromatic nitrogens is 3. The predicted molar refractivity (Wildman–Crippen MR) is 85.4 cm³/mol. The molecular formula is C17H18N4O. The largest absolute Gasteiger partial charge is 0.497 e. The Morgan fingerprint density at radius 1 is 1.09 bits per heavy atom. The van der Waals surface area contributed by atoms with Gasteiger partial charge in [-0.1, -0.05) is 30.3 Å². The number of nitrogens with one attached hydrogen (secondary N) is 1. The Morgan fingerprint density at radius 2 is 1.82 bits per heavy atom. The second-order valence-corrected chi connectivity index (χ2v) is 5.07. The molecule has 0 amide bonds. The third-order valence-electron chi connectivity index (χ3n) is 3.50. The molecule has 2 aromatic carbocycles. The SMILES string of the molecule is COc1ccc(-c2n[nH]c([C@H](N)Cc3ccccc3)n2)cc1. The monoisotopic (exact) mass is 294 g/mol. The van der Waals surface area contributed by atoms with Crippen molar-refractivity contribution in [3.05, 3.63) is 66.0 Å². The van der Waals surface area contributed by atoms with Crippen LogP contribution in [-0.4, -0.2) is 22.3 Å². The lowest BCUT2D eigenvalue weighted by Gasteiger charge is -2.07. The first-order chi connectivity index (χ1) is 10.8. The summed E-state index contributed by atoms with van der Waals surface area (Å²) in [4.78, 5) is 4.50. The van der Waals surface area contributed by atoms with Crippen LogP contribution in [0.3, 0.4) is 0 Å². The highest BCUT2D eigenvalue weighted by molar-refractivity contribution is 5.55. The molecule has 0 saturated heterocycles. The van der Waals surface area contributed by atoms with Crippen molar-refractivity contribution < 1.29 is 4.74 Å². The third kappa shape index (κ3) is 3.15. The number of rotatable bonds is 5. The van der Waals surface area contributed by atoms with Crippen LogP contribution in [0.4, 0.5) is 0 Å². The molecule has 1 atom stereocenters. The molecule has 0 aliphatic carbocycles. The topological polar surface area (TPSA) is 76.8 Å². The minimum Gasteiger partial charge on any atom is -0.497 e. The van der Waals surface area contributed by atoms with E-state index in [2.05, 4.69) is 27.3 Å². The summed E-state index contributed by atoms with van der Waals surface area (Å²) in [7, 11) is 1.64. The van der Waals surface area contributed by atoms with E-state index in [0.717, 1.165) is 17.7 Å². The molecule has 3 rings (SSSR count). The molecule has 0 saturated carbocycles. The number of benzene rings is 2. The van der Waals surface area contributed by atoms with Gasteiger partial charge in [0.2, 0.25) is 0 Å². The fourth-order valence-electron chi connectivity index (χ4n) is 2.27. The third-order valence-corrected chi connectivity index (χ3v) is 3.50. The van der Waals surface area contributed by atoms with Gasteiger partial charge in [-0.15, -0.1) is 0 Å². The first kappa shape index (κ1) is 14.3. The van der Waals surface area contributed by atoms with Crippen LogP contribution in [0.15, 0.2) is 54.6 Å². The summed E-state index contributed by atoms with van der Waals surface area (Å²) in [6.45, 7) is 0. The van der Waals surface area contributed by atoms with Crippen molar-refractivity contribution >= 4 is 0 Å². The Hall–Kier alpha value is -2.66. The van der Waals surface area contributed by atoms with Gasteiger partial charge in [0.05, 0.1) is 13.2 Å². The van der Waals surface area contributed by atoms with Crippen molar-refractivity contribution in [2.45, 2.75) is 12.5 Å². The summed E-state index contributed by atoms with van der Waals surface area (Å²) < 4.78 is 5.15. The van der Waals surface area contributed by atoms with E-state index in [-0.39, 0.29) is 6.04 Å². The number of nitrogens with two attached hydrogens (primary N) is 1. The van der Waals surface area contributed by atoms with Crippen LogP contribution < -0.4 is 10.5 Å². The van der Waals surface area contributed by atoms with Gasteiger partial charge in [-0.3, -0.25) is 5.10 Å². The van der Waals surface area contributed by atoms with Crippen molar-refractivity contribution in [1.29, 1.82) is 0 Å². The average Bonchev–Trinajstić information content (AvgIpc) is 3.06. The van der Waals surface area contributed by atoms with Crippen molar-refractivity contribution in [2.75, 3.05) is 7.11 Å². The number of methoxy groups -OCH3 is 1. The number of aromatic amines is 1. The molecule has 0 unspecified atom stereocenters. The van der Waals surface area contributed by atoms with E-state index >= 15 is 0 Å². The van der Waals surface area contributed by atoms with Crippen LogP contribution >= 0.6 is 0 Å². The predicted octanol–water partition coefficient (Wildman–Crippen LogP) is 2.72. The Labute approximate surface area is 129 Å². The molecule has 0 aliphatic rings. The normalized spacial score (nSPS) is 12.1. The Kier molecular flexibility index (Phi) is 4.16. The molecule has 112 valence electrons. The lowest BCUT2D eigenvalue weighted by atomic mass is 10.1. The van der Waals surface area contributed by atoms with Crippen LogP contribution in [0.25, 0.3) is 11.4 Å². The van der Waals surface area contributed by atoms with Gasteiger partial charge in [0.1, 0.15) is 11.6 Å². The van der Waals surface area contributed by atoms with E-state index < -0.39 is 0 Å². The number of hydrogen-bond donors (Lipinski definition) is 2. The van der Waals surface area contributed by atoms with Gasteiger partial charge in [0.15, 0.2) is 5.82 Å². The number of ether oxygens (including phenoxy) is 1. The van der Waals surface area contributed by atoms with Crippen LogP contribution in [0.1, 0.15) is 17.4 Å². The molecule has 22 heavy (non-hydrogen) atoms. The Balaban J connectivity index is 1.75. The van der Waals surface area contributed by atoms with Gasteiger partial charge in [0.25, 0.3) is 0 Å². The van der Waals surface area contributed by atoms with Crippen molar-refractivity contribution in [3.8, 4) is 17.1 Å². The van der Waals surface area contributed by atoms with Crippen molar-refractivity contribution in [1.82, 2.24) is 15.2 Å². The minimum atomic E-state index is -0.207. The van der Waals surface area contributed by atoms with Crippen molar-refractivity contribution in [2.24, 2.45) is 5.73 Å². The number of H-pyrrole nitrogens is 1. The van der Waals surface area contributed by atoms with Crippen molar-refractivity contribution in [3.63, 3.8) is 0 Å². The molecule has 1 aromatic heterocycles. The molecular weight excluding hydrogens is 276 g/mol. The maximum absolute atomic E-state index is 6.21. The Bertz CT molecular complexity index is 722. The number of hydrogen-bond acceptors (Lipinski definition) is 4. The molecule has 0 fully saturated rings. The molecule has 0 bridgehead atoms. The second kappa shape index (κ2) is 6.41. The highest BCUT2D eigenvalue weighted by atomic mass is 16.5. The first-order valence-electron chi connectivity index (χ1n) is 7.12. The summed E-state index contributed by atoms with van der Waals surface area (Å²) in [5.74, 6) is 2.14. The standard InChI is InChI=1S/C17H18N4O/c1-22-14-9-7-13(8-10-14)16-19-17(21-20-16)15(18)11-12-5-3-2-4-6-12/h2-10,15H,11,18H2,1H3,(H,19,20,21)/t15-/m1/s1. The molecule has 0 aliphatic heterocycles. The molecule has 5 heteroatoms. The Morgan fingerprint density at radius 3 is 2.50 bits per heavy atom.